The van der Waals surface area contributed by atoms with Crippen molar-refractivity contribution >= 4 is 15.9 Å². The number of nitrogens with zero attached hydrogens (tertiary/aromatic N) is 1. The van der Waals surface area contributed by atoms with Gasteiger partial charge in [0, 0.05) is 23.1 Å². The monoisotopic (exact) mass is 270 g/mol. The molecule has 2 N–H and O–H groups in total. The van der Waals surface area contributed by atoms with Crippen LogP contribution in [0.25, 0.3) is 0 Å². The topological polar surface area (TPSA) is 29.3 Å². The summed E-state index contributed by atoms with van der Waals surface area (Å²) >= 11 is 3.43. The maximum absolute atomic E-state index is 5.74. The van der Waals surface area contributed by atoms with E-state index in [2.05, 4.69) is 66.0 Å². The molecule has 0 unspecified atom stereocenters. The predicted molar refractivity (Wildman–Crippen MR) is 68.7 cm³/mol. The molecule has 1 aromatic carbocycles. The van der Waals surface area contributed by atoms with E-state index in [-0.39, 0.29) is 5.54 Å². The minimum atomic E-state index is 0.0487. The van der Waals surface area contributed by atoms with Crippen LogP contribution in [0.5, 0.6) is 0 Å². The van der Waals surface area contributed by atoms with Gasteiger partial charge in [-0.2, -0.15) is 0 Å². The molecule has 0 aliphatic heterocycles. The molecule has 3 heteroatoms. The second-order valence-corrected chi connectivity index (χ2v) is 5.41. The Bertz CT molecular complexity index is 306. The number of rotatable bonds is 4. The van der Waals surface area contributed by atoms with Crippen molar-refractivity contribution in [3.8, 4) is 0 Å². The summed E-state index contributed by atoms with van der Waals surface area (Å²) in [6.45, 7) is 5.91. The fourth-order valence-electron chi connectivity index (χ4n) is 1.23. The zero-order chi connectivity index (χ0) is 11.5. The fourth-order valence-corrected chi connectivity index (χ4v) is 1.50. The van der Waals surface area contributed by atoms with Crippen LogP contribution in [0.4, 0.5) is 0 Å². The number of nitrogens with two attached hydrogens (primary N) is 1. The van der Waals surface area contributed by atoms with Gasteiger partial charge in [0.1, 0.15) is 0 Å². The zero-order valence-corrected chi connectivity index (χ0v) is 11.2. The molecule has 1 rings (SSSR count). The number of likely N-dealkylation sites (N-methyl/N-ethyl adjacent to an activating group) is 1. The Morgan fingerprint density at radius 2 is 1.80 bits per heavy atom. The maximum Gasteiger partial charge on any atom is 0.0275 e. The number of benzene rings is 1. The summed E-state index contributed by atoms with van der Waals surface area (Å²) in [7, 11) is 2.11. The van der Waals surface area contributed by atoms with Gasteiger partial charge in [0.25, 0.3) is 0 Å². The molecule has 0 fully saturated rings. The lowest BCUT2D eigenvalue weighted by Crippen LogP contribution is -2.46. The van der Waals surface area contributed by atoms with E-state index < -0.39 is 0 Å². The van der Waals surface area contributed by atoms with Gasteiger partial charge in [0.2, 0.25) is 0 Å². The molecule has 1 aromatic rings. The van der Waals surface area contributed by atoms with E-state index in [0.717, 1.165) is 11.0 Å². The molecule has 0 atom stereocenters. The van der Waals surface area contributed by atoms with E-state index in [4.69, 9.17) is 5.73 Å². The summed E-state index contributed by atoms with van der Waals surface area (Å²) in [5.74, 6) is 0. The molecule has 84 valence electrons. The summed E-state index contributed by atoms with van der Waals surface area (Å²) < 4.78 is 1.12. The highest BCUT2D eigenvalue weighted by Gasteiger charge is 2.21. The van der Waals surface area contributed by atoms with Crippen molar-refractivity contribution < 1.29 is 0 Å². The molecular formula is C12H19BrN2. The summed E-state index contributed by atoms with van der Waals surface area (Å²) in [5.41, 5.74) is 7.09. The van der Waals surface area contributed by atoms with Crippen LogP contribution in [-0.4, -0.2) is 24.0 Å². The van der Waals surface area contributed by atoms with Crippen molar-refractivity contribution in [1.29, 1.82) is 0 Å². The van der Waals surface area contributed by atoms with Crippen LogP contribution in [0.1, 0.15) is 19.4 Å². The lowest BCUT2D eigenvalue weighted by atomic mass is 10.0. The second-order valence-electron chi connectivity index (χ2n) is 4.50. The van der Waals surface area contributed by atoms with Crippen LogP contribution in [0.2, 0.25) is 0 Å². The van der Waals surface area contributed by atoms with E-state index in [1.54, 1.807) is 0 Å². The molecule has 0 saturated heterocycles. The van der Waals surface area contributed by atoms with Crippen molar-refractivity contribution in [2.24, 2.45) is 5.73 Å². The Balaban J connectivity index is 2.66. The van der Waals surface area contributed by atoms with Crippen LogP contribution in [0.3, 0.4) is 0 Å². The van der Waals surface area contributed by atoms with Crippen molar-refractivity contribution in [1.82, 2.24) is 4.90 Å². The van der Waals surface area contributed by atoms with E-state index in [0.29, 0.717) is 6.54 Å². The van der Waals surface area contributed by atoms with Crippen molar-refractivity contribution in [3.63, 3.8) is 0 Å². The predicted octanol–water partition coefficient (Wildman–Crippen LogP) is 2.62. The zero-order valence-electron chi connectivity index (χ0n) is 9.63. The van der Waals surface area contributed by atoms with Gasteiger partial charge in [0.15, 0.2) is 0 Å². The van der Waals surface area contributed by atoms with Crippen molar-refractivity contribution in [3.05, 3.63) is 34.3 Å². The third kappa shape index (κ3) is 3.59. The molecule has 15 heavy (non-hydrogen) atoms. The quantitative estimate of drug-likeness (QED) is 0.912. The first-order valence-corrected chi connectivity index (χ1v) is 5.91. The number of hydrogen-bond acceptors (Lipinski definition) is 2. The minimum Gasteiger partial charge on any atom is -0.329 e. The Morgan fingerprint density at radius 1 is 1.27 bits per heavy atom. The van der Waals surface area contributed by atoms with Crippen molar-refractivity contribution in [2.75, 3.05) is 13.6 Å². The molecule has 0 amide bonds. The molecule has 0 aliphatic rings. The highest BCUT2D eigenvalue weighted by atomic mass is 79.9. The van der Waals surface area contributed by atoms with Gasteiger partial charge >= 0.3 is 0 Å². The third-order valence-corrected chi connectivity index (χ3v) is 3.39. The lowest BCUT2D eigenvalue weighted by Gasteiger charge is -2.34. The average molecular weight is 271 g/mol. The maximum atomic E-state index is 5.74. The normalized spacial score (nSPS) is 12.1. The van der Waals surface area contributed by atoms with Crippen LogP contribution in [0.15, 0.2) is 28.7 Å². The Hall–Kier alpha value is -0.380. The molecule has 0 aliphatic carbocycles. The smallest absolute Gasteiger partial charge is 0.0275 e. The molecular weight excluding hydrogens is 252 g/mol. The number of hydrogen-bond donors (Lipinski definition) is 1. The van der Waals surface area contributed by atoms with Gasteiger partial charge in [-0.15, -0.1) is 0 Å². The molecule has 0 aromatic heterocycles. The standard InChI is InChI=1S/C12H19BrN2/c1-12(2,9-14)15(3)8-10-4-6-11(13)7-5-10/h4-7H,8-9,14H2,1-3H3. The SMILES string of the molecule is CN(Cc1ccc(Br)cc1)C(C)(C)CN. The molecule has 2 nitrogen and oxygen atoms in total. The third-order valence-electron chi connectivity index (χ3n) is 2.87. The van der Waals surface area contributed by atoms with Gasteiger partial charge in [-0.05, 0) is 38.6 Å². The largest absolute Gasteiger partial charge is 0.329 e. The second kappa shape index (κ2) is 5.10. The lowest BCUT2D eigenvalue weighted by molar-refractivity contribution is 0.156. The molecule has 0 spiro atoms. The average Bonchev–Trinajstić information content (AvgIpc) is 2.21. The van der Waals surface area contributed by atoms with Crippen LogP contribution in [-0.2, 0) is 6.54 Å². The summed E-state index contributed by atoms with van der Waals surface area (Å²) in [6, 6.07) is 8.40. The van der Waals surface area contributed by atoms with Gasteiger partial charge in [-0.1, -0.05) is 28.1 Å². The van der Waals surface area contributed by atoms with E-state index in [1.165, 1.54) is 5.56 Å². The van der Waals surface area contributed by atoms with E-state index >= 15 is 0 Å². The molecule has 0 bridgehead atoms. The number of halogens is 1. The summed E-state index contributed by atoms with van der Waals surface area (Å²) in [4.78, 5) is 2.27. The molecule has 0 saturated carbocycles. The fraction of sp³-hybridized carbons (Fsp3) is 0.500. The molecule has 0 radical (unpaired) electrons. The Morgan fingerprint density at radius 3 is 2.27 bits per heavy atom. The molecule has 0 heterocycles. The summed E-state index contributed by atoms with van der Waals surface area (Å²) in [5, 5.41) is 0. The van der Waals surface area contributed by atoms with Crippen LogP contribution < -0.4 is 5.73 Å². The highest BCUT2D eigenvalue weighted by Crippen LogP contribution is 2.16. The van der Waals surface area contributed by atoms with E-state index in [9.17, 15) is 0 Å². The minimum absolute atomic E-state index is 0.0487. The first kappa shape index (κ1) is 12.7. The van der Waals surface area contributed by atoms with Gasteiger partial charge in [-0.3, -0.25) is 4.90 Å². The van der Waals surface area contributed by atoms with Crippen LogP contribution >= 0.6 is 15.9 Å². The van der Waals surface area contributed by atoms with E-state index in [1.807, 2.05) is 0 Å². The van der Waals surface area contributed by atoms with Gasteiger partial charge < -0.3 is 5.73 Å². The Labute approximate surface area is 101 Å². The van der Waals surface area contributed by atoms with Gasteiger partial charge in [0.05, 0.1) is 0 Å². The van der Waals surface area contributed by atoms with Gasteiger partial charge in [-0.25, -0.2) is 0 Å². The Kier molecular flexibility index (Phi) is 4.32. The highest BCUT2D eigenvalue weighted by molar-refractivity contribution is 9.10. The first-order chi connectivity index (χ1) is 6.95. The van der Waals surface area contributed by atoms with Crippen LogP contribution in [0, 0.1) is 0 Å². The van der Waals surface area contributed by atoms with Crippen molar-refractivity contribution in [2.45, 2.75) is 25.9 Å². The first-order valence-electron chi connectivity index (χ1n) is 5.11. The summed E-state index contributed by atoms with van der Waals surface area (Å²) in [6.07, 6.45) is 0.